The molecule has 25 heavy (non-hydrogen) atoms. The van der Waals surface area contributed by atoms with E-state index in [-0.39, 0.29) is 17.8 Å². The Morgan fingerprint density at radius 2 is 2.08 bits per heavy atom. The molecule has 2 saturated heterocycles. The molecule has 0 bridgehead atoms. The first-order chi connectivity index (χ1) is 12.0. The van der Waals surface area contributed by atoms with Crippen molar-refractivity contribution < 1.29 is 14.6 Å². The SMILES string of the molecule is CC[C@H]1C[C@@H](O)CC2(CCN(Cc3ncc(C)c(OC)c3C)CC2)O1. The van der Waals surface area contributed by atoms with E-state index < -0.39 is 0 Å². The summed E-state index contributed by atoms with van der Waals surface area (Å²) >= 11 is 0. The molecule has 2 aliphatic rings. The molecule has 0 aromatic carbocycles. The maximum Gasteiger partial charge on any atom is 0.128 e. The van der Waals surface area contributed by atoms with Crippen molar-refractivity contribution in [3.8, 4) is 5.75 Å². The van der Waals surface area contributed by atoms with E-state index in [0.717, 1.165) is 74.3 Å². The van der Waals surface area contributed by atoms with Crippen molar-refractivity contribution in [2.75, 3.05) is 20.2 Å². The van der Waals surface area contributed by atoms with Crippen LogP contribution in [0, 0.1) is 13.8 Å². The number of hydrogen-bond donors (Lipinski definition) is 1. The fourth-order valence-corrected chi connectivity index (χ4v) is 4.40. The summed E-state index contributed by atoms with van der Waals surface area (Å²) in [6, 6.07) is 0. The summed E-state index contributed by atoms with van der Waals surface area (Å²) in [5.74, 6) is 0.947. The van der Waals surface area contributed by atoms with Crippen LogP contribution in [0.3, 0.4) is 0 Å². The third kappa shape index (κ3) is 3.99. The summed E-state index contributed by atoms with van der Waals surface area (Å²) < 4.78 is 11.9. The average molecular weight is 348 g/mol. The average Bonchev–Trinajstić information content (AvgIpc) is 2.59. The van der Waals surface area contributed by atoms with Crippen LogP contribution >= 0.6 is 0 Å². The van der Waals surface area contributed by atoms with Gasteiger partial charge in [0, 0.05) is 43.4 Å². The molecule has 0 aliphatic carbocycles. The van der Waals surface area contributed by atoms with E-state index in [2.05, 4.69) is 23.7 Å². The van der Waals surface area contributed by atoms with Crippen molar-refractivity contribution in [3.05, 3.63) is 23.0 Å². The molecule has 5 nitrogen and oxygen atoms in total. The molecule has 1 aromatic rings. The molecule has 3 rings (SSSR count). The molecule has 1 spiro atoms. The molecule has 5 heteroatoms. The second-order valence-electron chi connectivity index (χ2n) is 7.75. The highest BCUT2D eigenvalue weighted by Crippen LogP contribution is 2.38. The van der Waals surface area contributed by atoms with Crippen LogP contribution in [0.2, 0.25) is 0 Å². The van der Waals surface area contributed by atoms with Crippen LogP contribution in [0.4, 0.5) is 0 Å². The molecule has 3 heterocycles. The first kappa shape index (κ1) is 18.6. The highest BCUT2D eigenvalue weighted by Gasteiger charge is 2.42. The zero-order valence-electron chi connectivity index (χ0n) is 16.0. The largest absolute Gasteiger partial charge is 0.496 e. The molecule has 1 aromatic heterocycles. The van der Waals surface area contributed by atoms with Gasteiger partial charge in [-0.2, -0.15) is 0 Å². The highest BCUT2D eigenvalue weighted by molar-refractivity contribution is 5.41. The molecule has 140 valence electrons. The molecule has 1 N–H and O–H groups in total. The maximum absolute atomic E-state index is 10.2. The second kappa shape index (κ2) is 7.60. The van der Waals surface area contributed by atoms with Crippen molar-refractivity contribution in [2.24, 2.45) is 0 Å². The zero-order valence-corrected chi connectivity index (χ0v) is 16.0. The number of hydrogen-bond acceptors (Lipinski definition) is 5. The Morgan fingerprint density at radius 3 is 2.72 bits per heavy atom. The Balaban J connectivity index is 1.63. The number of methoxy groups -OCH3 is 1. The normalized spacial score (nSPS) is 26.8. The third-order valence-corrected chi connectivity index (χ3v) is 5.91. The minimum absolute atomic E-state index is 0.123. The van der Waals surface area contributed by atoms with Gasteiger partial charge in [-0.15, -0.1) is 0 Å². The predicted octanol–water partition coefficient (Wildman–Crippen LogP) is 2.99. The summed E-state index contributed by atoms with van der Waals surface area (Å²) in [6.45, 7) is 9.08. The fraction of sp³-hybridized carbons (Fsp3) is 0.750. The van der Waals surface area contributed by atoms with E-state index in [9.17, 15) is 5.11 Å². The van der Waals surface area contributed by atoms with Gasteiger partial charge in [0.2, 0.25) is 0 Å². The van der Waals surface area contributed by atoms with Gasteiger partial charge < -0.3 is 14.6 Å². The van der Waals surface area contributed by atoms with Gasteiger partial charge >= 0.3 is 0 Å². The number of aromatic nitrogens is 1. The monoisotopic (exact) mass is 348 g/mol. The summed E-state index contributed by atoms with van der Waals surface area (Å²) in [5, 5.41) is 10.2. The number of nitrogens with zero attached hydrogens (tertiary/aromatic N) is 2. The lowest BCUT2D eigenvalue weighted by molar-refractivity contribution is -0.182. The molecule has 2 atom stereocenters. The fourth-order valence-electron chi connectivity index (χ4n) is 4.40. The van der Waals surface area contributed by atoms with Crippen molar-refractivity contribution in [1.29, 1.82) is 0 Å². The summed E-state index contributed by atoms with van der Waals surface area (Å²) in [4.78, 5) is 7.07. The van der Waals surface area contributed by atoms with Gasteiger partial charge in [-0.25, -0.2) is 0 Å². The number of aliphatic hydroxyl groups excluding tert-OH is 1. The highest BCUT2D eigenvalue weighted by atomic mass is 16.5. The van der Waals surface area contributed by atoms with E-state index in [1.807, 2.05) is 13.1 Å². The lowest BCUT2D eigenvalue weighted by Crippen LogP contribution is -2.52. The molecule has 0 radical (unpaired) electrons. The zero-order chi connectivity index (χ0) is 18.0. The molecule has 2 aliphatic heterocycles. The van der Waals surface area contributed by atoms with Crippen LogP contribution in [-0.4, -0.2) is 53.0 Å². The minimum Gasteiger partial charge on any atom is -0.496 e. The lowest BCUT2D eigenvalue weighted by atomic mass is 9.81. The van der Waals surface area contributed by atoms with Crippen LogP contribution < -0.4 is 4.74 Å². The molecule has 0 amide bonds. The van der Waals surface area contributed by atoms with Gasteiger partial charge in [0.1, 0.15) is 5.75 Å². The van der Waals surface area contributed by atoms with Crippen LogP contribution in [0.25, 0.3) is 0 Å². The van der Waals surface area contributed by atoms with E-state index >= 15 is 0 Å². The van der Waals surface area contributed by atoms with Gasteiger partial charge in [0.05, 0.1) is 30.6 Å². The van der Waals surface area contributed by atoms with E-state index in [1.165, 1.54) is 0 Å². The number of aliphatic hydroxyl groups is 1. The first-order valence-corrected chi connectivity index (χ1v) is 9.53. The predicted molar refractivity (Wildman–Crippen MR) is 97.9 cm³/mol. The number of likely N-dealkylation sites (tertiary alicyclic amines) is 1. The van der Waals surface area contributed by atoms with Crippen LogP contribution in [0.1, 0.15) is 55.8 Å². The number of piperidine rings is 1. The molecule has 0 saturated carbocycles. The molecular formula is C20H32N2O3. The van der Waals surface area contributed by atoms with Crippen molar-refractivity contribution in [2.45, 2.75) is 77.2 Å². The number of rotatable bonds is 4. The van der Waals surface area contributed by atoms with Crippen LogP contribution in [-0.2, 0) is 11.3 Å². The Bertz CT molecular complexity index is 597. The van der Waals surface area contributed by atoms with Gasteiger partial charge in [-0.1, -0.05) is 6.92 Å². The van der Waals surface area contributed by atoms with E-state index in [1.54, 1.807) is 7.11 Å². The number of pyridine rings is 1. The maximum atomic E-state index is 10.2. The van der Waals surface area contributed by atoms with Gasteiger partial charge in [0.15, 0.2) is 0 Å². The van der Waals surface area contributed by atoms with Gasteiger partial charge in [-0.3, -0.25) is 9.88 Å². The van der Waals surface area contributed by atoms with Crippen LogP contribution in [0.15, 0.2) is 6.20 Å². The number of aryl methyl sites for hydroxylation is 1. The Morgan fingerprint density at radius 1 is 1.36 bits per heavy atom. The summed E-state index contributed by atoms with van der Waals surface area (Å²) in [5.41, 5.74) is 3.19. The Hall–Kier alpha value is -1.17. The minimum atomic E-state index is -0.212. The van der Waals surface area contributed by atoms with E-state index in [0.29, 0.717) is 0 Å². The lowest BCUT2D eigenvalue weighted by Gasteiger charge is -2.48. The van der Waals surface area contributed by atoms with Crippen LogP contribution in [0.5, 0.6) is 5.75 Å². The first-order valence-electron chi connectivity index (χ1n) is 9.53. The van der Waals surface area contributed by atoms with Gasteiger partial charge in [0.25, 0.3) is 0 Å². The Kier molecular flexibility index (Phi) is 5.66. The summed E-state index contributed by atoms with van der Waals surface area (Å²) in [7, 11) is 1.72. The quantitative estimate of drug-likeness (QED) is 0.906. The Labute approximate surface area is 151 Å². The van der Waals surface area contributed by atoms with Crippen molar-refractivity contribution in [1.82, 2.24) is 9.88 Å². The second-order valence-corrected chi connectivity index (χ2v) is 7.75. The molecule has 0 unspecified atom stereocenters. The molecule has 2 fully saturated rings. The third-order valence-electron chi connectivity index (χ3n) is 5.91. The van der Waals surface area contributed by atoms with Crippen molar-refractivity contribution >= 4 is 0 Å². The summed E-state index contributed by atoms with van der Waals surface area (Å²) in [6.07, 6.45) is 6.43. The standard InChI is InChI=1S/C20H32N2O3/c1-5-17-10-16(23)11-20(25-17)6-8-22(9-7-20)13-18-15(3)19(24-4)14(2)12-21-18/h12,16-17,23H,5-11,13H2,1-4H3/t16-,17+/m1/s1. The van der Waals surface area contributed by atoms with Gasteiger partial charge in [-0.05, 0) is 39.5 Å². The topological polar surface area (TPSA) is 54.8 Å². The smallest absolute Gasteiger partial charge is 0.128 e. The number of ether oxygens (including phenoxy) is 2. The molecular weight excluding hydrogens is 316 g/mol. The van der Waals surface area contributed by atoms with E-state index in [4.69, 9.17) is 9.47 Å². The van der Waals surface area contributed by atoms with Crippen molar-refractivity contribution in [3.63, 3.8) is 0 Å².